The number of unbranched alkanes of at least 4 members (excludes halogenated alkanes) is 1. The van der Waals surface area contributed by atoms with E-state index in [-0.39, 0.29) is 0 Å². The van der Waals surface area contributed by atoms with Gasteiger partial charge in [-0.05, 0) is 36.5 Å². The smallest absolute Gasteiger partial charge is 0.232 e. The van der Waals surface area contributed by atoms with Gasteiger partial charge in [-0.2, -0.15) is 0 Å². The van der Waals surface area contributed by atoms with Crippen molar-refractivity contribution in [2.45, 2.75) is 42.7 Å². The van der Waals surface area contributed by atoms with E-state index in [2.05, 4.69) is 28.5 Å². The van der Waals surface area contributed by atoms with Gasteiger partial charge in [0.15, 0.2) is 0 Å². The standard InChI is InChI=1S/C22H24N6OS2/c1-3-4-7-31(29)22-19(23)18-15(17-11-26-20(28(17)2)13-5-6-13)8-16(27-21(18)30-22)14-9-24-12-25-10-14/h8-13H,3-7,23H2,1-2H3/t31-/m0/s1. The van der Waals surface area contributed by atoms with Crippen LogP contribution in [0.25, 0.3) is 32.7 Å². The number of fused-ring (bicyclic) bond motifs is 1. The lowest BCUT2D eigenvalue weighted by molar-refractivity contribution is 0.594. The van der Waals surface area contributed by atoms with Gasteiger partial charge < -0.3 is 14.9 Å². The Bertz CT molecular complexity index is 1230. The second-order valence-electron chi connectivity index (χ2n) is 7.90. The van der Waals surface area contributed by atoms with Crippen LogP contribution in [0, 0.1) is 0 Å². The van der Waals surface area contributed by atoms with Gasteiger partial charge in [0.25, 0.3) is 0 Å². The zero-order valence-corrected chi connectivity index (χ0v) is 19.2. The average molecular weight is 453 g/mol. The van der Waals surface area contributed by atoms with Crippen LogP contribution in [0.1, 0.15) is 44.3 Å². The molecule has 7 nitrogen and oxygen atoms in total. The molecule has 0 aliphatic heterocycles. The van der Waals surface area contributed by atoms with Gasteiger partial charge in [-0.25, -0.2) is 19.9 Å². The Morgan fingerprint density at radius 2 is 2.03 bits per heavy atom. The molecule has 9 heteroatoms. The Kier molecular flexibility index (Phi) is 5.41. The summed E-state index contributed by atoms with van der Waals surface area (Å²) >= 11 is 0.290. The van der Waals surface area contributed by atoms with E-state index in [1.165, 1.54) is 30.5 Å². The molecule has 0 spiro atoms. The number of aromatic nitrogens is 5. The van der Waals surface area contributed by atoms with Crippen molar-refractivity contribution in [1.29, 1.82) is 0 Å². The van der Waals surface area contributed by atoms with Gasteiger partial charge in [0.05, 0.1) is 17.6 Å². The molecule has 0 saturated heterocycles. The average Bonchev–Trinajstić information content (AvgIpc) is 3.48. The maximum Gasteiger partial charge on any atom is 0.232 e. The first-order valence-corrected chi connectivity index (χ1v) is 12.6. The number of hydrogen-bond donors (Lipinski definition) is 1. The lowest BCUT2D eigenvalue weighted by Gasteiger charge is -2.10. The molecule has 1 saturated carbocycles. The van der Waals surface area contributed by atoms with Crippen molar-refractivity contribution >= 4 is 38.4 Å². The van der Waals surface area contributed by atoms with Crippen molar-refractivity contribution in [2.24, 2.45) is 7.05 Å². The fraction of sp³-hybridized carbons (Fsp3) is 0.364. The van der Waals surface area contributed by atoms with Crippen molar-refractivity contribution in [3.05, 3.63) is 36.8 Å². The molecular weight excluding hydrogens is 428 g/mol. The predicted octanol–water partition coefficient (Wildman–Crippen LogP) is 4.52. The highest BCUT2D eigenvalue weighted by atomic mass is 32.2. The van der Waals surface area contributed by atoms with Crippen LogP contribution >= 0.6 is 11.3 Å². The molecule has 2 N–H and O–H groups in total. The molecule has 4 aromatic rings. The van der Waals surface area contributed by atoms with E-state index in [4.69, 9.17) is 15.7 Å². The Labute approximate surface area is 188 Å². The van der Waals surface area contributed by atoms with Crippen LogP contribution in [0.15, 0.2) is 35.2 Å². The first kappa shape index (κ1) is 20.4. The molecule has 0 unspecified atom stereocenters. The predicted molar refractivity (Wildman–Crippen MR) is 125 cm³/mol. The highest BCUT2D eigenvalue weighted by Crippen LogP contribution is 2.45. The Balaban J connectivity index is 1.72. The summed E-state index contributed by atoms with van der Waals surface area (Å²) in [6.45, 7) is 2.10. The summed E-state index contributed by atoms with van der Waals surface area (Å²) in [4.78, 5) is 18.6. The van der Waals surface area contributed by atoms with Crippen LogP contribution in [0.2, 0.25) is 0 Å². The number of nitrogens with two attached hydrogens (primary N) is 1. The van der Waals surface area contributed by atoms with Crippen molar-refractivity contribution < 1.29 is 4.55 Å². The summed E-state index contributed by atoms with van der Waals surface area (Å²) in [6, 6.07) is 2.02. The van der Waals surface area contributed by atoms with E-state index in [1.807, 2.05) is 12.3 Å². The molecule has 0 amide bonds. The topological polar surface area (TPSA) is 106 Å². The first-order valence-electron chi connectivity index (χ1n) is 10.5. The molecule has 1 fully saturated rings. The minimum Gasteiger partial charge on any atom is -0.611 e. The minimum absolute atomic E-state index is 0.537. The molecule has 1 aliphatic rings. The van der Waals surface area contributed by atoms with Crippen LogP contribution < -0.4 is 5.73 Å². The third kappa shape index (κ3) is 3.71. The van der Waals surface area contributed by atoms with E-state index in [1.54, 1.807) is 12.4 Å². The molecule has 5 rings (SSSR count). The lowest BCUT2D eigenvalue weighted by atomic mass is 10.1. The van der Waals surface area contributed by atoms with Crippen molar-refractivity contribution in [2.75, 3.05) is 11.5 Å². The SMILES string of the molecule is CCCC[S@+]([O-])c1sc2nc(-c3cncnc3)cc(-c3cnc(C4CC4)n3C)c2c1N. The van der Waals surface area contributed by atoms with Crippen LogP contribution in [0.5, 0.6) is 0 Å². The van der Waals surface area contributed by atoms with E-state index in [0.717, 1.165) is 51.4 Å². The number of imidazole rings is 1. The van der Waals surface area contributed by atoms with Crippen LogP contribution in [0.4, 0.5) is 5.69 Å². The minimum atomic E-state index is -1.13. The van der Waals surface area contributed by atoms with Gasteiger partial charge in [-0.3, -0.25) is 0 Å². The Hall–Kier alpha value is -2.49. The summed E-state index contributed by atoms with van der Waals surface area (Å²) in [5.74, 6) is 2.25. The van der Waals surface area contributed by atoms with Crippen molar-refractivity contribution in [3.8, 4) is 22.5 Å². The third-order valence-electron chi connectivity index (χ3n) is 5.65. The zero-order chi connectivity index (χ0) is 21.5. The molecule has 4 heterocycles. The van der Waals surface area contributed by atoms with Crippen molar-refractivity contribution in [1.82, 2.24) is 24.5 Å². The Morgan fingerprint density at radius 1 is 1.26 bits per heavy atom. The normalized spacial score (nSPS) is 14.9. The third-order valence-corrected chi connectivity index (χ3v) is 8.65. The molecule has 31 heavy (non-hydrogen) atoms. The second kappa shape index (κ2) is 8.22. The van der Waals surface area contributed by atoms with Gasteiger partial charge in [0.2, 0.25) is 4.21 Å². The molecule has 0 radical (unpaired) electrons. The number of anilines is 1. The van der Waals surface area contributed by atoms with E-state index in [0.29, 0.717) is 21.6 Å². The maximum atomic E-state index is 12.9. The number of thiophene rings is 1. The number of rotatable bonds is 7. The largest absolute Gasteiger partial charge is 0.611 e. The van der Waals surface area contributed by atoms with Gasteiger partial charge >= 0.3 is 0 Å². The summed E-state index contributed by atoms with van der Waals surface area (Å²) in [5, 5.41) is 0.857. The second-order valence-corrected chi connectivity index (χ2v) is 10.7. The number of nitrogen functional groups attached to an aromatic ring is 1. The number of nitrogens with zero attached hydrogens (tertiary/aromatic N) is 5. The lowest BCUT2D eigenvalue weighted by Crippen LogP contribution is -2.07. The van der Waals surface area contributed by atoms with Gasteiger partial charge in [0.1, 0.15) is 28.4 Å². The van der Waals surface area contributed by atoms with E-state index in [9.17, 15) is 4.55 Å². The fourth-order valence-electron chi connectivity index (χ4n) is 3.81. The molecule has 0 aromatic carbocycles. The highest BCUT2D eigenvalue weighted by Gasteiger charge is 2.30. The van der Waals surface area contributed by atoms with Gasteiger partial charge in [-0.1, -0.05) is 24.7 Å². The molecule has 4 aromatic heterocycles. The van der Waals surface area contributed by atoms with Gasteiger partial charge in [0, 0.05) is 41.9 Å². The van der Waals surface area contributed by atoms with Crippen LogP contribution in [-0.4, -0.2) is 34.8 Å². The molecule has 1 atom stereocenters. The monoisotopic (exact) mass is 452 g/mol. The molecule has 1 aliphatic carbocycles. The Morgan fingerprint density at radius 3 is 2.74 bits per heavy atom. The van der Waals surface area contributed by atoms with Crippen molar-refractivity contribution in [3.63, 3.8) is 0 Å². The van der Waals surface area contributed by atoms with Gasteiger partial charge in [-0.15, -0.1) is 0 Å². The van der Waals surface area contributed by atoms with E-state index < -0.39 is 11.2 Å². The molecular formula is C22H24N6OS2. The fourth-order valence-corrected chi connectivity index (χ4v) is 6.61. The summed E-state index contributed by atoms with van der Waals surface area (Å²) in [7, 11) is 2.05. The summed E-state index contributed by atoms with van der Waals surface area (Å²) in [5.41, 5.74) is 10.7. The zero-order valence-electron chi connectivity index (χ0n) is 17.5. The highest BCUT2D eigenvalue weighted by molar-refractivity contribution is 7.93. The first-order chi connectivity index (χ1) is 15.1. The summed E-state index contributed by atoms with van der Waals surface area (Å²) < 4.78 is 15.8. The van der Waals surface area contributed by atoms with E-state index >= 15 is 0 Å². The molecule has 0 bridgehead atoms. The molecule has 160 valence electrons. The number of hydrogen-bond acceptors (Lipinski definition) is 7. The van der Waals surface area contributed by atoms with Crippen LogP contribution in [0.3, 0.4) is 0 Å². The summed E-state index contributed by atoms with van der Waals surface area (Å²) in [6.07, 6.45) is 11.2. The maximum absolute atomic E-state index is 12.9. The van der Waals surface area contributed by atoms with Crippen LogP contribution in [-0.2, 0) is 18.2 Å². The number of pyridine rings is 1. The quantitative estimate of drug-likeness (QED) is 0.413.